The van der Waals surface area contributed by atoms with E-state index in [9.17, 15) is 19.5 Å². The van der Waals surface area contributed by atoms with Gasteiger partial charge in [-0.15, -0.1) is 0 Å². The molecular formula is C31H33N7O7. The van der Waals surface area contributed by atoms with Crippen LogP contribution in [-0.2, 0) is 10.2 Å². The Balaban J connectivity index is 1.41. The van der Waals surface area contributed by atoms with Gasteiger partial charge >= 0.3 is 18.2 Å². The summed E-state index contributed by atoms with van der Waals surface area (Å²) in [4.78, 5) is 47.7. The predicted molar refractivity (Wildman–Crippen MR) is 166 cm³/mol. The van der Waals surface area contributed by atoms with Gasteiger partial charge in [0.15, 0.2) is 11.4 Å². The van der Waals surface area contributed by atoms with Crippen LogP contribution in [-0.4, -0.2) is 48.6 Å². The maximum absolute atomic E-state index is 13.1. The van der Waals surface area contributed by atoms with Crippen LogP contribution in [0.1, 0.15) is 66.1 Å². The number of carboxylic acid groups (broad SMARTS) is 1. The van der Waals surface area contributed by atoms with Gasteiger partial charge in [0.25, 0.3) is 0 Å². The Labute approximate surface area is 257 Å². The molecule has 14 nitrogen and oxygen atoms in total. The molecule has 1 aliphatic carbocycles. The first-order chi connectivity index (χ1) is 21.2. The minimum absolute atomic E-state index is 0.129. The van der Waals surface area contributed by atoms with Crippen LogP contribution in [0.15, 0.2) is 52.0 Å². The standard InChI is InChI=1S/C31H33N7O7/c1-30(2,3)21-13-22(45-36-21)35-27(39)34-20-10-9-17(18-11-12-43-24(18)20)19-14-37(16-7-8-16)25-23(19)26(33-15-32-25)38(28(40)41)29(42)44-31(4,5)6/h9-16H,7-8H2,1-6H3,(H,40,41)(H2,34,35,39). The SMILES string of the molecule is CC(C)(C)OC(=O)N(C(=O)O)c1ncnc2c1c(-c1ccc(NC(=O)Nc3cc(C(C)(C)C)no3)c3occc13)cn2C1CC1. The Hall–Kier alpha value is -5.40. The summed E-state index contributed by atoms with van der Waals surface area (Å²) in [6.45, 7) is 10.9. The molecule has 0 unspecified atom stereocenters. The molecule has 0 radical (unpaired) electrons. The monoisotopic (exact) mass is 615 g/mol. The maximum Gasteiger partial charge on any atom is 0.425 e. The molecule has 1 aromatic carbocycles. The molecule has 234 valence electrons. The minimum atomic E-state index is -1.55. The smallest absolute Gasteiger partial charge is 0.425 e. The first-order valence-corrected chi connectivity index (χ1v) is 14.4. The van der Waals surface area contributed by atoms with Crippen LogP contribution in [0.25, 0.3) is 33.1 Å². The first kappa shape index (κ1) is 29.7. The van der Waals surface area contributed by atoms with Crippen LogP contribution in [0, 0.1) is 0 Å². The summed E-state index contributed by atoms with van der Waals surface area (Å²) in [5.41, 5.74) is 1.98. The molecule has 0 spiro atoms. The van der Waals surface area contributed by atoms with Crippen molar-refractivity contribution in [2.75, 3.05) is 15.5 Å². The van der Waals surface area contributed by atoms with Gasteiger partial charge in [-0.1, -0.05) is 32.0 Å². The van der Waals surface area contributed by atoms with E-state index in [2.05, 4.69) is 25.8 Å². The Kier molecular flexibility index (Phi) is 7.02. The molecule has 4 amide bonds. The van der Waals surface area contributed by atoms with Crippen LogP contribution in [0.3, 0.4) is 0 Å². The number of rotatable bonds is 5. The van der Waals surface area contributed by atoms with E-state index < -0.39 is 23.8 Å². The molecule has 45 heavy (non-hydrogen) atoms. The summed E-state index contributed by atoms with van der Waals surface area (Å²) in [5.74, 6) is 0.0641. The molecule has 0 atom stereocenters. The lowest BCUT2D eigenvalue weighted by Crippen LogP contribution is -2.40. The third-order valence-electron chi connectivity index (χ3n) is 7.18. The fraction of sp³-hybridized carbons (Fsp3) is 0.355. The van der Waals surface area contributed by atoms with E-state index in [1.807, 2.05) is 31.5 Å². The molecule has 4 aromatic heterocycles. The van der Waals surface area contributed by atoms with Gasteiger partial charge in [0.1, 0.15) is 17.6 Å². The second kappa shape index (κ2) is 10.6. The number of fused-ring (bicyclic) bond motifs is 2. The van der Waals surface area contributed by atoms with Crippen molar-refractivity contribution in [2.45, 2.75) is 71.4 Å². The number of carbonyl (C=O) groups is 3. The molecule has 0 bridgehead atoms. The second-order valence-electron chi connectivity index (χ2n) is 12.9. The average Bonchev–Trinajstić information content (AvgIpc) is 3.30. The van der Waals surface area contributed by atoms with E-state index in [4.69, 9.17) is 13.7 Å². The highest BCUT2D eigenvalue weighted by atomic mass is 16.6. The molecular weight excluding hydrogens is 582 g/mol. The summed E-state index contributed by atoms with van der Waals surface area (Å²) in [6, 6.07) is 6.47. The highest BCUT2D eigenvalue weighted by Gasteiger charge is 2.35. The van der Waals surface area contributed by atoms with E-state index in [0.717, 1.165) is 12.8 Å². The van der Waals surface area contributed by atoms with Crippen molar-refractivity contribution in [1.29, 1.82) is 0 Å². The van der Waals surface area contributed by atoms with Gasteiger partial charge in [-0.2, -0.15) is 4.90 Å². The topological polar surface area (TPSA) is 178 Å². The Morgan fingerprint density at radius 2 is 1.80 bits per heavy atom. The quantitative estimate of drug-likeness (QED) is 0.179. The Morgan fingerprint density at radius 3 is 2.44 bits per heavy atom. The largest absolute Gasteiger partial charge is 0.464 e. The molecule has 3 N–H and O–H groups in total. The Bertz CT molecular complexity index is 1950. The third-order valence-corrected chi connectivity index (χ3v) is 7.18. The molecule has 0 saturated heterocycles. The van der Waals surface area contributed by atoms with E-state index in [0.29, 0.717) is 49.4 Å². The van der Waals surface area contributed by atoms with Crippen molar-refractivity contribution in [3.8, 4) is 11.1 Å². The summed E-state index contributed by atoms with van der Waals surface area (Å²) in [5, 5.41) is 20.6. The number of carbonyl (C=O) groups excluding carboxylic acids is 2. The van der Waals surface area contributed by atoms with Crippen LogP contribution < -0.4 is 15.5 Å². The highest BCUT2D eigenvalue weighted by Crippen LogP contribution is 2.45. The summed E-state index contributed by atoms with van der Waals surface area (Å²) in [7, 11) is 0. The molecule has 5 aromatic rings. The van der Waals surface area contributed by atoms with Crippen molar-refractivity contribution >= 4 is 57.6 Å². The van der Waals surface area contributed by atoms with Gasteiger partial charge in [-0.05, 0) is 51.3 Å². The molecule has 0 aliphatic heterocycles. The van der Waals surface area contributed by atoms with Crippen molar-refractivity contribution < 1.29 is 33.2 Å². The average molecular weight is 616 g/mol. The zero-order valence-electron chi connectivity index (χ0n) is 25.7. The number of imide groups is 1. The van der Waals surface area contributed by atoms with Gasteiger partial charge in [0, 0.05) is 34.7 Å². The molecule has 14 heteroatoms. The van der Waals surface area contributed by atoms with Gasteiger partial charge in [-0.3, -0.25) is 5.32 Å². The second-order valence-corrected chi connectivity index (χ2v) is 12.9. The van der Waals surface area contributed by atoms with E-state index in [1.54, 1.807) is 45.0 Å². The number of hydrogen-bond acceptors (Lipinski definition) is 9. The van der Waals surface area contributed by atoms with Crippen molar-refractivity contribution in [2.24, 2.45) is 0 Å². The predicted octanol–water partition coefficient (Wildman–Crippen LogP) is 7.53. The van der Waals surface area contributed by atoms with Crippen LogP contribution in [0.5, 0.6) is 0 Å². The Morgan fingerprint density at radius 1 is 1.04 bits per heavy atom. The summed E-state index contributed by atoms with van der Waals surface area (Å²) in [6.07, 6.45) is 3.84. The van der Waals surface area contributed by atoms with Gasteiger partial charge in [0.05, 0.1) is 23.0 Å². The maximum atomic E-state index is 13.1. The first-order valence-electron chi connectivity index (χ1n) is 14.4. The zero-order valence-corrected chi connectivity index (χ0v) is 25.7. The van der Waals surface area contributed by atoms with Crippen LogP contribution >= 0.6 is 0 Å². The minimum Gasteiger partial charge on any atom is -0.464 e. The normalized spacial score (nSPS) is 13.6. The third kappa shape index (κ3) is 5.78. The molecule has 1 aliphatic rings. The number of anilines is 3. The number of benzene rings is 1. The van der Waals surface area contributed by atoms with Gasteiger partial charge < -0.3 is 28.7 Å². The van der Waals surface area contributed by atoms with E-state index in [-0.39, 0.29) is 23.2 Å². The van der Waals surface area contributed by atoms with Crippen LogP contribution in [0.4, 0.5) is 31.8 Å². The lowest BCUT2D eigenvalue weighted by Gasteiger charge is -2.24. The number of hydrogen-bond donors (Lipinski definition) is 3. The number of nitrogens with one attached hydrogen (secondary N) is 2. The van der Waals surface area contributed by atoms with E-state index in [1.165, 1.54) is 12.6 Å². The number of ether oxygens (including phenoxy) is 1. The van der Waals surface area contributed by atoms with Crippen LogP contribution in [0.2, 0.25) is 0 Å². The summed E-state index contributed by atoms with van der Waals surface area (Å²) < 4.78 is 18.5. The fourth-order valence-corrected chi connectivity index (χ4v) is 4.98. The summed E-state index contributed by atoms with van der Waals surface area (Å²) >= 11 is 0. The fourth-order valence-electron chi connectivity index (χ4n) is 4.98. The molecule has 6 rings (SSSR count). The lowest BCUT2D eigenvalue weighted by atomic mass is 9.92. The highest BCUT2D eigenvalue weighted by molar-refractivity contribution is 6.17. The number of amides is 4. The van der Waals surface area contributed by atoms with Crippen molar-refractivity contribution in [3.63, 3.8) is 0 Å². The van der Waals surface area contributed by atoms with Gasteiger partial charge in [0.2, 0.25) is 5.88 Å². The molecule has 1 fully saturated rings. The number of aromatic nitrogens is 4. The number of furan rings is 1. The number of urea groups is 1. The lowest BCUT2D eigenvalue weighted by molar-refractivity contribution is 0.0581. The zero-order chi connectivity index (χ0) is 32.3. The van der Waals surface area contributed by atoms with Crippen molar-refractivity contribution in [1.82, 2.24) is 19.7 Å². The number of nitrogens with zero attached hydrogens (tertiary/aromatic N) is 5. The van der Waals surface area contributed by atoms with Gasteiger partial charge in [-0.25, -0.2) is 24.4 Å². The molecule has 1 saturated carbocycles. The van der Waals surface area contributed by atoms with Crippen molar-refractivity contribution in [3.05, 3.63) is 48.7 Å². The van der Waals surface area contributed by atoms with E-state index >= 15 is 0 Å². The molecule has 4 heterocycles.